The first-order chi connectivity index (χ1) is 6.86. The van der Waals surface area contributed by atoms with Gasteiger partial charge in [-0.15, -0.1) is 0 Å². The van der Waals surface area contributed by atoms with Crippen LogP contribution in [-0.2, 0) is 11.8 Å². The van der Waals surface area contributed by atoms with Crippen LogP contribution in [0.1, 0.15) is 23.3 Å². The molecule has 15 heavy (non-hydrogen) atoms. The lowest BCUT2D eigenvalue weighted by Crippen LogP contribution is -2.28. The van der Waals surface area contributed by atoms with Crippen LogP contribution in [0.5, 0.6) is 0 Å². The molecule has 84 valence electrons. The summed E-state index contributed by atoms with van der Waals surface area (Å²) in [6.45, 7) is 3.75. The Labute approximate surface area is 89.3 Å². The molecular weight excluding hydrogens is 194 g/mol. The van der Waals surface area contributed by atoms with Crippen molar-refractivity contribution in [3.8, 4) is 0 Å². The van der Waals surface area contributed by atoms with Crippen molar-refractivity contribution in [2.75, 3.05) is 14.1 Å². The average molecular weight is 211 g/mol. The summed E-state index contributed by atoms with van der Waals surface area (Å²) in [6.07, 6.45) is 0. The fourth-order valence-electron chi connectivity index (χ4n) is 1.59. The second kappa shape index (κ2) is 4.02. The van der Waals surface area contributed by atoms with Crippen LogP contribution in [0.25, 0.3) is 0 Å². The van der Waals surface area contributed by atoms with Crippen molar-refractivity contribution in [3.05, 3.63) is 17.2 Å². The van der Waals surface area contributed by atoms with Gasteiger partial charge < -0.3 is 9.67 Å². The highest BCUT2D eigenvalue weighted by Crippen LogP contribution is 2.21. The zero-order chi connectivity index (χ0) is 11.7. The molecule has 0 aromatic carbocycles. The highest BCUT2D eigenvalue weighted by atomic mass is 16.4. The van der Waals surface area contributed by atoms with Gasteiger partial charge in [-0.25, -0.2) is 4.98 Å². The van der Waals surface area contributed by atoms with E-state index in [0.717, 1.165) is 11.5 Å². The van der Waals surface area contributed by atoms with Gasteiger partial charge in [0.2, 0.25) is 0 Å². The number of carboxylic acid groups (broad SMARTS) is 1. The molecule has 0 saturated heterocycles. The average Bonchev–Trinajstić information content (AvgIpc) is 2.33. The van der Waals surface area contributed by atoms with E-state index in [-0.39, 0.29) is 0 Å². The van der Waals surface area contributed by atoms with E-state index in [9.17, 15) is 4.79 Å². The number of hydrogen-bond donors (Lipinski definition) is 1. The Morgan fingerprint density at radius 1 is 1.47 bits per heavy atom. The molecule has 1 N–H and O–H groups in total. The highest BCUT2D eigenvalue weighted by molar-refractivity contribution is 5.75. The van der Waals surface area contributed by atoms with Gasteiger partial charge in [-0.05, 0) is 27.9 Å². The van der Waals surface area contributed by atoms with E-state index in [4.69, 9.17) is 5.11 Å². The minimum absolute atomic E-state index is 0.618. The first-order valence-corrected chi connectivity index (χ1v) is 4.75. The molecule has 1 atom stereocenters. The molecule has 1 heterocycles. The molecule has 0 spiro atoms. The summed E-state index contributed by atoms with van der Waals surface area (Å²) in [6, 6.07) is -0.676. The normalized spacial score (nSPS) is 13.2. The van der Waals surface area contributed by atoms with E-state index >= 15 is 0 Å². The number of nitrogens with zero attached hydrogens (tertiary/aromatic N) is 3. The maximum atomic E-state index is 11.1. The number of aryl methyl sites for hydroxylation is 1. The number of imidazole rings is 1. The van der Waals surface area contributed by atoms with Crippen LogP contribution >= 0.6 is 0 Å². The van der Waals surface area contributed by atoms with E-state index < -0.39 is 12.0 Å². The van der Waals surface area contributed by atoms with Gasteiger partial charge in [0.25, 0.3) is 0 Å². The predicted octanol–water partition coefficient (Wildman–Crippen LogP) is 0.724. The monoisotopic (exact) mass is 211 g/mol. The Balaban J connectivity index is 3.23. The van der Waals surface area contributed by atoms with Gasteiger partial charge in [-0.3, -0.25) is 9.69 Å². The second-order valence-corrected chi connectivity index (χ2v) is 3.89. The summed E-state index contributed by atoms with van der Waals surface area (Å²) in [5.74, 6) is -0.0446. The minimum Gasteiger partial charge on any atom is -0.480 e. The number of aliphatic carboxylic acids is 1. The standard InChI is InChI=1S/C10H17N3O2/c1-6-8(11-7(2)13(6)5)9(10(14)15)12(3)4/h9H,1-5H3,(H,14,15). The molecular formula is C10H17N3O2. The molecule has 1 rings (SSSR count). The van der Waals surface area contributed by atoms with Gasteiger partial charge in [0.15, 0.2) is 6.04 Å². The van der Waals surface area contributed by atoms with Crippen LogP contribution in [0.15, 0.2) is 0 Å². The Bertz CT molecular complexity index is 382. The fourth-order valence-corrected chi connectivity index (χ4v) is 1.59. The largest absolute Gasteiger partial charge is 0.480 e. The molecule has 0 amide bonds. The molecule has 0 aliphatic carbocycles. The first-order valence-electron chi connectivity index (χ1n) is 4.75. The maximum Gasteiger partial charge on any atom is 0.327 e. The van der Waals surface area contributed by atoms with E-state index in [1.807, 2.05) is 25.5 Å². The predicted molar refractivity (Wildman–Crippen MR) is 56.7 cm³/mol. The molecule has 1 unspecified atom stereocenters. The number of likely N-dealkylation sites (N-methyl/N-ethyl adjacent to an activating group) is 1. The van der Waals surface area contributed by atoms with Crippen LogP contribution in [0.4, 0.5) is 0 Å². The Hall–Kier alpha value is -1.36. The number of carbonyl (C=O) groups is 1. The van der Waals surface area contributed by atoms with E-state index in [1.165, 1.54) is 0 Å². The summed E-state index contributed by atoms with van der Waals surface area (Å²) < 4.78 is 1.90. The molecule has 1 aromatic heterocycles. The fraction of sp³-hybridized carbons (Fsp3) is 0.600. The molecule has 0 radical (unpaired) electrons. The third kappa shape index (κ3) is 2.02. The minimum atomic E-state index is -0.874. The Morgan fingerprint density at radius 3 is 2.27 bits per heavy atom. The molecule has 1 aromatic rings. The Kier molecular flexibility index (Phi) is 3.14. The van der Waals surface area contributed by atoms with Crippen molar-refractivity contribution in [1.82, 2.24) is 14.5 Å². The van der Waals surface area contributed by atoms with E-state index in [2.05, 4.69) is 4.98 Å². The van der Waals surface area contributed by atoms with Crippen LogP contribution < -0.4 is 0 Å². The number of aromatic nitrogens is 2. The Morgan fingerprint density at radius 2 is 2.00 bits per heavy atom. The van der Waals surface area contributed by atoms with Crippen molar-refractivity contribution in [1.29, 1.82) is 0 Å². The third-order valence-electron chi connectivity index (χ3n) is 2.65. The van der Waals surface area contributed by atoms with Crippen molar-refractivity contribution >= 4 is 5.97 Å². The van der Waals surface area contributed by atoms with Crippen molar-refractivity contribution in [3.63, 3.8) is 0 Å². The highest BCUT2D eigenvalue weighted by Gasteiger charge is 2.27. The molecule has 0 aliphatic rings. The zero-order valence-corrected chi connectivity index (χ0v) is 9.77. The van der Waals surface area contributed by atoms with Gasteiger partial charge in [0.1, 0.15) is 5.82 Å². The van der Waals surface area contributed by atoms with Gasteiger partial charge in [-0.1, -0.05) is 0 Å². The maximum absolute atomic E-state index is 11.1. The molecule has 0 aliphatic heterocycles. The van der Waals surface area contributed by atoms with Crippen LogP contribution in [0.3, 0.4) is 0 Å². The van der Waals surface area contributed by atoms with Crippen molar-refractivity contribution < 1.29 is 9.90 Å². The number of hydrogen-bond acceptors (Lipinski definition) is 3. The summed E-state index contributed by atoms with van der Waals surface area (Å²) in [4.78, 5) is 17.1. The van der Waals surface area contributed by atoms with E-state index in [1.54, 1.807) is 19.0 Å². The van der Waals surface area contributed by atoms with Gasteiger partial charge in [0, 0.05) is 12.7 Å². The van der Waals surface area contributed by atoms with Gasteiger partial charge in [0.05, 0.1) is 5.69 Å². The molecule has 0 bridgehead atoms. The quantitative estimate of drug-likeness (QED) is 0.800. The zero-order valence-electron chi connectivity index (χ0n) is 9.77. The smallest absolute Gasteiger partial charge is 0.327 e. The lowest BCUT2D eigenvalue weighted by molar-refractivity contribution is -0.142. The van der Waals surface area contributed by atoms with Crippen molar-refractivity contribution in [2.24, 2.45) is 7.05 Å². The summed E-state index contributed by atoms with van der Waals surface area (Å²) in [5, 5.41) is 9.13. The molecule has 5 nitrogen and oxygen atoms in total. The summed E-state index contributed by atoms with van der Waals surface area (Å²) >= 11 is 0. The molecule has 5 heteroatoms. The van der Waals surface area contributed by atoms with E-state index in [0.29, 0.717) is 5.69 Å². The number of rotatable bonds is 3. The van der Waals surface area contributed by atoms with Crippen molar-refractivity contribution in [2.45, 2.75) is 19.9 Å². The van der Waals surface area contributed by atoms with Gasteiger partial charge >= 0.3 is 5.97 Å². The van der Waals surface area contributed by atoms with Crippen LogP contribution in [0.2, 0.25) is 0 Å². The molecule has 0 saturated carbocycles. The SMILES string of the molecule is Cc1nc(C(C(=O)O)N(C)C)c(C)n1C. The first kappa shape index (κ1) is 11.7. The second-order valence-electron chi connectivity index (χ2n) is 3.89. The molecule has 0 fully saturated rings. The van der Waals surface area contributed by atoms with Gasteiger partial charge in [-0.2, -0.15) is 0 Å². The number of carboxylic acids is 1. The third-order valence-corrected chi connectivity index (χ3v) is 2.65. The lowest BCUT2D eigenvalue weighted by atomic mass is 10.1. The summed E-state index contributed by atoms with van der Waals surface area (Å²) in [5.41, 5.74) is 1.51. The topological polar surface area (TPSA) is 58.4 Å². The summed E-state index contributed by atoms with van der Waals surface area (Å²) in [7, 11) is 5.36. The van der Waals surface area contributed by atoms with Crippen LogP contribution in [-0.4, -0.2) is 39.6 Å². The van der Waals surface area contributed by atoms with Crippen LogP contribution in [0, 0.1) is 13.8 Å². The lowest BCUT2D eigenvalue weighted by Gasteiger charge is -2.18.